The Kier molecular flexibility index (Phi) is 8.08. The number of ether oxygens (including phenoxy) is 3. The SMILES string of the molecule is CCOc1cc2c(c(F)c1OCC)C(=N)N(CC(=O)c1cc(NCC#N)c(OC)c(C(C)(C)C)c1)C2. The molecule has 0 radical (unpaired) electrons. The van der Waals surface area contributed by atoms with Gasteiger partial charge < -0.3 is 24.4 Å². The van der Waals surface area contributed by atoms with Crippen molar-refractivity contribution in [3.05, 3.63) is 46.3 Å². The van der Waals surface area contributed by atoms with E-state index in [1.165, 1.54) is 4.90 Å². The summed E-state index contributed by atoms with van der Waals surface area (Å²) in [5.41, 5.74) is 2.12. The molecule has 2 N–H and O–H groups in total. The van der Waals surface area contributed by atoms with Crippen molar-refractivity contribution in [3.8, 4) is 23.3 Å². The minimum absolute atomic E-state index is 0.0193. The van der Waals surface area contributed by atoms with Gasteiger partial charge in [0.1, 0.15) is 18.1 Å². The Hall–Kier alpha value is -3.80. The molecular weight excluding hydrogens is 463 g/mol. The number of amidine groups is 1. The first-order chi connectivity index (χ1) is 17.1. The van der Waals surface area contributed by atoms with Crippen LogP contribution in [-0.2, 0) is 12.0 Å². The number of benzene rings is 2. The van der Waals surface area contributed by atoms with Crippen LogP contribution in [0.4, 0.5) is 10.1 Å². The Labute approximate surface area is 211 Å². The second-order valence-electron chi connectivity index (χ2n) is 9.41. The van der Waals surface area contributed by atoms with Gasteiger partial charge in [0.2, 0.25) is 0 Å². The number of anilines is 1. The molecule has 1 heterocycles. The summed E-state index contributed by atoms with van der Waals surface area (Å²) in [5.74, 6) is -0.128. The maximum absolute atomic E-state index is 15.4. The lowest BCUT2D eigenvalue weighted by Crippen LogP contribution is -2.30. The maximum Gasteiger partial charge on any atom is 0.197 e. The molecule has 192 valence electrons. The number of carbonyl (C=O) groups is 1. The summed E-state index contributed by atoms with van der Waals surface area (Å²) < 4.78 is 32.0. The number of nitriles is 1. The van der Waals surface area contributed by atoms with E-state index in [2.05, 4.69) is 5.32 Å². The quantitative estimate of drug-likeness (QED) is 0.356. The van der Waals surface area contributed by atoms with E-state index in [0.717, 1.165) is 5.56 Å². The molecule has 1 aliphatic rings. The number of carbonyl (C=O) groups excluding carboxylic acids is 1. The highest BCUT2D eigenvalue weighted by Gasteiger charge is 2.33. The van der Waals surface area contributed by atoms with Gasteiger partial charge in [0.25, 0.3) is 0 Å². The molecule has 3 rings (SSSR count). The third-order valence-corrected chi connectivity index (χ3v) is 5.89. The number of fused-ring (bicyclic) bond motifs is 1. The first kappa shape index (κ1) is 26.8. The predicted molar refractivity (Wildman–Crippen MR) is 136 cm³/mol. The van der Waals surface area contributed by atoms with E-state index in [1.807, 2.05) is 26.8 Å². The molecule has 0 saturated heterocycles. The van der Waals surface area contributed by atoms with Gasteiger partial charge in [-0.15, -0.1) is 0 Å². The van der Waals surface area contributed by atoms with E-state index in [-0.39, 0.29) is 60.3 Å². The van der Waals surface area contributed by atoms with Crippen LogP contribution in [0.2, 0.25) is 0 Å². The minimum Gasteiger partial charge on any atom is -0.494 e. The summed E-state index contributed by atoms with van der Waals surface area (Å²) in [5, 5.41) is 20.6. The molecule has 0 fully saturated rings. The molecule has 1 aliphatic heterocycles. The van der Waals surface area contributed by atoms with Crippen molar-refractivity contribution in [2.75, 3.05) is 38.7 Å². The van der Waals surface area contributed by atoms with E-state index >= 15 is 4.39 Å². The Morgan fingerprint density at radius 3 is 2.47 bits per heavy atom. The largest absolute Gasteiger partial charge is 0.494 e. The van der Waals surface area contributed by atoms with Gasteiger partial charge in [-0.3, -0.25) is 10.2 Å². The topological polar surface area (TPSA) is 108 Å². The van der Waals surface area contributed by atoms with Gasteiger partial charge in [-0.05, 0) is 43.0 Å². The molecule has 8 nitrogen and oxygen atoms in total. The number of hydrogen-bond donors (Lipinski definition) is 2. The fraction of sp³-hybridized carbons (Fsp3) is 0.444. The molecule has 0 amide bonds. The molecule has 0 atom stereocenters. The number of ketones is 1. The Morgan fingerprint density at radius 1 is 1.19 bits per heavy atom. The monoisotopic (exact) mass is 496 g/mol. The number of nitrogens with one attached hydrogen (secondary N) is 2. The Balaban J connectivity index is 1.95. The average molecular weight is 497 g/mol. The first-order valence-corrected chi connectivity index (χ1v) is 11.9. The molecule has 0 spiro atoms. The Bertz CT molecular complexity index is 1210. The van der Waals surface area contributed by atoms with Crippen molar-refractivity contribution >= 4 is 17.3 Å². The van der Waals surface area contributed by atoms with Crippen molar-refractivity contribution in [2.45, 2.75) is 46.6 Å². The lowest BCUT2D eigenvalue weighted by molar-refractivity contribution is 0.0962. The molecule has 2 aromatic rings. The van der Waals surface area contributed by atoms with Gasteiger partial charge in [-0.2, -0.15) is 5.26 Å². The fourth-order valence-electron chi connectivity index (χ4n) is 4.26. The molecule has 9 heteroatoms. The summed E-state index contributed by atoms with van der Waals surface area (Å²) in [6.45, 7) is 10.3. The van der Waals surface area contributed by atoms with E-state index in [0.29, 0.717) is 29.2 Å². The van der Waals surface area contributed by atoms with Crippen LogP contribution >= 0.6 is 0 Å². The van der Waals surface area contributed by atoms with Crippen molar-refractivity contribution in [1.29, 1.82) is 10.7 Å². The number of nitrogens with zero attached hydrogens (tertiary/aromatic N) is 2. The van der Waals surface area contributed by atoms with Crippen molar-refractivity contribution in [2.24, 2.45) is 0 Å². The van der Waals surface area contributed by atoms with Crippen LogP contribution in [-0.4, -0.2) is 49.9 Å². The highest BCUT2D eigenvalue weighted by Crippen LogP contribution is 2.40. The molecule has 2 aromatic carbocycles. The molecule has 0 bridgehead atoms. The standard InChI is InChI=1S/C27H33FN4O4/c1-7-35-21-13-17-14-32(26(30)22(17)23(28)25(21)36-8-2)15-20(33)16-11-18(27(3,4)5)24(34-6)19(12-16)31-10-9-29/h11-13,30-31H,7-8,10,14-15H2,1-6H3. The first-order valence-electron chi connectivity index (χ1n) is 11.9. The molecule has 36 heavy (non-hydrogen) atoms. The van der Waals surface area contributed by atoms with Gasteiger partial charge in [-0.25, -0.2) is 4.39 Å². The number of rotatable bonds is 10. The van der Waals surface area contributed by atoms with Crippen molar-refractivity contribution < 1.29 is 23.4 Å². The molecular formula is C27H33FN4O4. The zero-order valence-electron chi connectivity index (χ0n) is 21.7. The smallest absolute Gasteiger partial charge is 0.197 e. The van der Waals surface area contributed by atoms with Crippen molar-refractivity contribution in [1.82, 2.24) is 4.90 Å². The van der Waals surface area contributed by atoms with Crippen LogP contribution in [0.25, 0.3) is 0 Å². The van der Waals surface area contributed by atoms with Gasteiger partial charge in [0.05, 0.1) is 44.2 Å². The van der Waals surface area contributed by atoms with Crippen molar-refractivity contribution in [3.63, 3.8) is 0 Å². The highest BCUT2D eigenvalue weighted by atomic mass is 19.1. The van der Waals surface area contributed by atoms with E-state index < -0.39 is 5.82 Å². The lowest BCUT2D eigenvalue weighted by Gasteiger charge is -2.25. The predicted octanol–water partition coefficient (Wildman–Crippen LogP) is 4.89. The Morgan fingerprint density at radius 2 is 1.89 bits per heavy atom. The minimum atomic E-state index is -0.653. The van der Waals surface area contributed by atoms with Crippen LogP contribution < -0.4 is 19.5 Å². The van der Waals surface area contributed by atoms with Crippen LogP contribution in [0.3, 0.4) is 0 Å². The van der Waals surface area contributed by atoms with Gasteiger partial charge in [0.15, 0.2) is 23.1 Å². The van der Waals surface area contributed by atoms with E-state index in [9.17, 15) is 4.79 Å². The second-order valence-corrected chi connectivity index (χ2v) is 9.41. The third-order valence-electron chi connectivity index (χ3n) is 5.89. The normalized spacial score (nSPS) is 12.7. The summed E-state index contributed by atoms with van der Waals surface area (Å²) in [6.07, 6.45) is 0. The van der Waals surface area contributed by atoms with E-state index in [1.54, 1.807) is 39.2 Å². The summed E-state index contributed by atoms with van der Waals surface area (Å²) in [6, 6.07) is 7.16. The number of halogens is 1. The highest BCUT2D eigenvalue weighted by molar-refractivity contribution is 6.06. The number of Topliss-reactive ketones (excluding diaryl/α,β-unsaturated/α-hetero) is 1. The molecule has 0 aliphatic carbocycles. The zero-order chi connectivity index (χ0) is 26.6. The summed E-state index contributed by atoms with van der Waals surface area (Å²) in [7, 11) is 1.55. The third kappa shape index (κ3) is 5.23. The summed E-state index contributed by atoms with van der Waals surface area (Å²) >= 11 is 0. The second kappa shape index (κ2) is 10.9. The van der Waals surface area contributed by atoms with Crippen LogP contribution in [0, 0.1) is 22.6 Å². The maximum atomic E-state index is 15.4. The average Bonchev–Trinajstić information content (AvgIpc) is 3.13. The van der Waals surface area contributed by atoms with Crippen LogP contribution in [0.15, 0.2) is 18.2 Å². The van der Waals surface area contributed by atoms with Gasteiger partial charge in [0, 0.05) is 17.7 Å². The number of methoxy groups -OCH3 is 1. The fourth-order valence-corrected chi connectivity index (χ4v) is 4.26. The molecule has 0 unspecified atom stereocenters. The lowest BCUT2D eigenvalue weighted by atomic mass is 9.84. The number of hydrogen-bond acceptors (Lipinski definition) is 7. The van der Waals surface area contributed by atoms with Gasteiger partial charge in [-0.1, -0.05) is 20.8 Å². The zero-order valence-corrected chi connectivity index (χ0v) is 21.7. The molecule has 0 aromatic heterocycles. The van der Waals surface area contributed by atoms with E-state index in [4.69, 9.17) is 24.9 Å². The van der Waals surface area contributed by atoms with Crippen LogP contribution in [0.1, 0.15) is 61.7 Å². The summed E-state index contributed by atoms with van der Waals surface area (Å²) in [4.78, 5) is 14.9. The van der Waals surface area contributed by atoms with Crippen LogP contribution in [0.5, 0.6) is 17.2 Å². The van der Waals surface area contributed by atoms with Gasteiger partial charge >= 0.3 is 0 Å². The molecule has 0 saturated carbocycles.